The first-order valence-corrected chi connectivity index (χ1v) is 5.02. The quantitative estimate of drug-likeness (QED) is 0.606. The standard InChI is InChI=1S/C12H24O/c1-10(2)8-9-12(6,7)13-11(3,4)5/h8-10H,1-7H3. The van der Waals surface area contributed by atoms with Crippen molar-refractivity contribution in [2.75, 3.05) is 0 Å². The van der Waals surface area contributed by atoms with E-state index in [-0.39, 0.29) is 11.2 Å². The first-order chi connectivity index (χ1) is 5.62. The molecule has 0 N–H and O–H groups in total. The zero-order chi connectivity index (χ0) is 10.7. The fourth-order valence-corrected chi connectivity index (χ4v) is 1.25. The van der Waals surface area contributed by atoms with Gasteiger partial charge in [0.15, 0.2) is 0 Å². The molecular formula is C12H24O. The molecule has 0 amide bonds. The molecule has 78 valence electrons. The third kappa shape index (κ3) is 8.04. The molecule has 0 radical (unpaired) electrons. The molecule has 0 aromatic carbocycles. The Morgan fingerprint density at radius 2 is 1.46 bits per heavy atom. The van der Waals surface area contributed by atoms with Crippen LogP contribution in [-0.4, -0.2) is 11.2 Å². The Bertz CT molecular complexity index is 170. The van der Waals surface area contributed by atoms with Gasteiger partial charge in [-0.05, 0) is 40.5 Å². The summed E-state index contributed by atoms with van der Waals surface area (Å²) in [4.78, 5) is 0. The normalized spacial score (nSPS) is 14.5. The molecule has 13 heavy (non-hydrogen) atoms. The fraction of sp³-hybridized carbons (Fsp3) is 0.833. The molecule has 0 heterocycles. The van der Waals surface area contributed by atoms with Gasteiger partial charge in [-0.1, -0.05) is 26.0 Å². The van der Waals surface area contributed by atoms with Crippen LogP contribution in [0, 0.1) is 5.92 Å². The Labute approximate surface area is 83.2 Å². The van der Waals surface area contributed by atoms with Crippen molar-refractivity contribution in [1.29, 1.82) is 0 Å². The molecule has 1 heteroatoms. The largest absolute Gasteiger partial charge is 0.366 e. The van der Waals surface area contributed by atoms with Crippen LogP contribution in [0.1, 0.15) is 48.5 Å². The highest BCUT2D eigenvalue weighted by Gasteiger charge is 2.22. The van der Waals surface area contributed by atoms with Gasteiger partial charge in [0, 0.05) is 0 Å². The highest BCUT2D eigenvalue weighted by molar-refractivity contribution is 4.99. The van der Waals surface area contributed by atoms with E-state index in [4.69, 9.17) is 4.74 Å². The van der Waals surface area contributed by atoms with E-state index < -0.39 is 0 Å². The minimum Gasteiger partial charge on any atom is -0.366 e. The molecule has 0 spiro atoms. The summed E-state index contributed by atoms with van der Waals surface area (Å²) in [5.74, 6) is 0.586. The molecule has 0 aliphatic heterocycles. The molecule has 0 bridgehead atoms. The highest BCUT2D eigenvalue weighted by atomic mass is 16.5. The van der Waals surface area contributed by atoms with E-state index in [1.807, 2.05) is 0 Å². The van der Waals surface area contributed by atoms with Crippen molar-refractivity contribution in [3.8, 4) is 0 Å². The van der Waals surface area contributed by atoms with Crippen molar-refractivity contribution in [3.05, 3.63) is 12.2 Å². The van der Waals surface area contributed by atoms with Crippen molar-refractivity contribution >= 4 is 0 Å². The number of allylic oxidation sites excluding steroid dienone is 1. The molecule has 0 aromatic heterocycles. The van der Waals surface area contributed by atoms with Gasteiger partial charge < -0.3 is 4.74 Å². The van der Waals surface area contributed by atoms with Gasteiger partial charge in [0.1, 0.15) is 0 Å². The van der Waals surface area contributed by atoms with E-state index in [1.165, 1.54) is 0 Å². The summed E-state index contributed by atoms with van der Waals surface area (Å²) in [5, 5.41) is 0. The Morgan fingerprint density at radius 3 is 1.77 bits per heavy atom. The summed E-state index contributed by atoms with van der Waals surface area (Å²) in [7, 11) is 0. The van der Waals surface area contributed by atoms with Crippen LogP contribution in [0.2, 0.25) is 0 Å². The van der Waals surface area contributed by atoms with E-state index in [1.54, 1.807) is 0 Å². The van der Waals surface area contributed by atoms with Crippen LogP contribution < -0.4 is 0 Å². The van der Waals surface area contributed by atoms with Crippen LogP contribution in [0.4, 0.5) is 0 Å². The van der Waals surface area contributed by atoms with Crippen LogP contribution in [0.25, 0.3) is 0 Å². The third-order valence-electron chi connectivity index (χ3n) is 1.45. The van der Waals surface area contributed by atoms with E-state index in [0.717, 1.165) is 0 Å². The SMILES string of the molecule is CC(C)C=CC(C)(C)OC(C)(C)C. The van der Waals surface area contributed by atoms with E-state index in [9.17, 15) is 0 Å². The second-order valence-electron chi connectivity index (χ2n) is 5.42. The fourth-order valence-electron chi connectivity index (χ4n) is 1.25. The van der Waals surface area contributed by atoms with E-state index in [2.05, 4.69) is 60.6 Å². The maximum absolute atomic E-state index is 5.89. The lowest BCUT2D eigenvalue weighted by Crippen LogP contribution is -2.33. The first-order valence-electron chi connectivity index (χ1n) is 5.02. The van der Waals surface area contributed by atoms with Gasteiger partial charge in [0.2, 0.25) is 0 Å². The van der Waals surface area contributed by atoms with Gasteiger partial charge in [-0.15, -0.1) is 0 Å². The van der Waals surface area contributed by atoms with Gasteiger partial charge in [0.25, 0.3) is 0 Å². The molecule has 0 saturated carbocycles. The molecule has 0 saturated heterocycles. The second-order valence-corrected chi connectivity index (χ2v) is 5.42. The van der Waals surface area contributed by atoms with Crippen molar-refractivity contribution < 1.29 is 4.74 Å². The summed E-state index contributed by atoms with van der Waals surface area (Å²) in [5.41, 5.74) is -0.243. The lowest BCUT2D eigenvalue weighted by Gasteiger charge is -2.31. The summed E-state index contributed by atoms with van der Waals surface area (Å²) < 4.78 is 5.89. The average Bonchev–Trinajstić information content (AvgIpc) is 1.78. The van der Waals surface area contributed by atoms with Crippen molar-refractivity contribution in [2.24, 2.45) is 5.92 Å². The maximum atomic E-state index is 5.89. The zero-order valence-corrected chi connectivity index (χ0v) is 10.1. The van der Waals surface area contributed by atoms with Crippen LogP contribution in [-0.2, 0) is 4.74 Å². The Kier molecular flexibility index (Phi) is 4.18. The maximum Gasteiger partial charge on any atom is 0.0813 e. The lowest BCUT2D eigenvalue weighted by molar-refractivity contribution is -0.0856. The van der Waals surface area contributed by atoms with Crippen molar-refractivity contribution in [2.45, 2.75) is 59.7 Å². The van der Waals surface area contributed by atoms with E-state index in [0.29, 0.717) is 5.92 Å². The number of rotatable bonds is 3. The highest BCUT2D eigenvalue weighted by Crippen LogP contribution is 2.21. The second kappa shape index (κ2) is 4.28. The molecular weight excluding hydrogens is 160 g/mol. The summed E-state index contributed by atoms with van der Waals surface area (Å²) >= 11 is 0. The Hall–Kier alpha value is -0.300. The molecule has 1 nitrogen and oxygen atoms in total. The zero-order valence-electron chi connectivity index (χ0n) is 10.1. The summed E-state index contributed by atoms with van der Waals surface area (Å²) in [6, 6.07) is 0. The third-order valence-corrected chi connectivity index (χ3v) is 1.45. The van der Waals surface area contributed by atoms with Crippen molar-refractivity contribution in [3.63, 3.8) is 0 Å². The minimum atomic E-state index is -0.164. The number of hydrogen-bond acceptors (Lipinski definition) is 1. The summed E-state index contributed by atoms with van der Waals surface area (Å²) in [6.45, 7) is 14.8. The number of ether oxygens (including phenoxy) is 1. The Morgan fingerprint density at radius 1 is 1.00 bits per heavy atom. The molecule has 0 fully saturated rings. The average molecular weight is 184 g/mol. The molecule has 0 rings (SSSR count). The monoisotopic (exact) mass is 184 g/mol. The van der Waals surface area contributed by atoms with Gasteiger partial charge in [0.05, 0.1) is 11.2 Å². The predicted octanol–water partition coefficient (Wildman–Crippen LogP) is 3.79. The van der Waals surface area contributed by atoms with Gasteiger partial charge >= 0.3 is 0 Å². The lowest BCUT2D eigenvalue weighted by atomic mass is 10.0. The topological polar surface area (TPSA) is 9.23 Å². The molecule has 0 aromatic rings. The van der Waals surface area contributed by atoms with Crippen molar-refractivity contribution in [1.82, 2.24) is 0 Å². The number of hydrogen-bond donors (Lipinski definition) is 0. The predicted molar refractivity (Wildman–Crippen MR) is 58.9 cm³/mol. The Balaban J connectivity index is 4.24. The summed E-state index contributed by atoms with van der Waals surface area (Å²) in [6.07, 6.45) is 4.33. The van der Waals surface area contributed by atoms with E-state index >= 15 is 0 Å². The van der Waals surface area contributed by atoms with Crippen LogP contribution in [0.15, 0.2) is 12.2 Å². The first kappa shape index (κ1) is 12.7. The molecule has 0 aliphatic rings. The molecule has 0 aliphatic carbocycles. The van der Waals surface area contributed by atoms with Gasteiger partial charge in [-0.3, -0.25) is 0 Å². The van der Waals surface area contributed by atoms with Gasteiger partial charge in [-0.25, -0.2) is 0 Å². The molecule has 0 atom stereocenters. The van der Waals surface area contributed by atoms with Crippen LogP contribution >= 0.6 is 0 Å². The smallest absolute Gasteiger partial charge is 0.0813 e. The van der Waals surface area contributed by atoms with Crippen LogP contribution in [0.3, 0.4) is 0 Å². The molecule has 0 unspecified atom stereocenters. The minimum absolute atomic E-state index is 0.0786. The van der Waals surface area contributed by atoms with Gasteiger partial charge in [-0.2, -0.15) is 0 Å². The van der Waals surface area contributed by atoms with Crippen LogP contribution in [0.5, 0.6) is 0 Å².